The van der Waals surface area contributed by atoms with Gasteiger partial charge in [-0.25, -0.2) is 9.78 Å². The van der Waals surface area contributed by atoms with Gasteiger partial charge in [-0.1, -0.05) is 97.2 Å². The highest BCUT2D eigenvalue weighted by Crippen LogP contribution is 2.44. The van der Waals surface area contributed by atoms with Crippen LogP contribution < -0.4 is 4.90 Å². The van der Waals surface area contributed by atoms with E-state index < -0.39 is 12.1 Å². The first-order valence-corrected chi connectivity index (χ1v) is 17.4. The van der Waals surface area contributed by atoms with E-state index in [0.717, 1.165) is 10.0 Å². The first kappa shape index (κ1) is 31.8. The van der Waals surface area contributed by atoms with Crippen molar-refractivity contribution in [1.82, 2.24) is 4.98 Å². The second-order valence-electron chi connectivity index (χ2n) is 11.5. The Morgan fingerprint density at radius 1 is 0.933 bits per heavy atom. The number of fused-ring (bicyclic) bond motifs is 2. The van der Waals surface area contributed by atoms with Gasteiger partial charge in [-0.15, -0.1) is 0 Å². The molecule has 0 bridgehead atoms. The van der Waals surface area contributed by atoms with Gasteiger partial charge >= 0.3 is 5.97 Å². The zero-order valence-electron chi connectivity index (χ0n) is 24.5. The molecular formula is C35H29Br3N2O5. The molecular weight excluding hydrogens is 768 g/mol. The van der Waals surface area contributed by atoms with Crippen LogP contribution in [0.5, 0.6) is 0 Å². The number of carbonyl (C=O) groups excluding carboxylic acids is 4. The molecule has 1 aliphatic heterocycles. The average molecular weight is 797 g/mol. The second kappa shape index (κ2) is 12.9. The maximum atomic E-state index is 13.7. The van der Waals surface area contributed by atoms with Crippen molar-refractivity contribution in [3.63, 3.8) is 0 Å². The van der Waals surface area contributed by atoms with E-state index in [-0.39, 0.29) is 44.7 Å². The number of benzene rings is 3. The number of amides is 2. The highest BCUT2D eigenvalue weighted by molar-refractivity contribution is 9.12. The molecule has 3 aromatic carbocycles. The van der Waals surface area contributed by atoms with Crippen molar-refractivity contribution in [2.24, 2.45) is 11.8 Å². The number of hydrogen-bond donors (Lipinski definition) is 0. The molecule has 1 aromatic heterocycles. The molecule has 6 rings (SSSR count). The van der Waals surface area contributed by atoms with Crippen molar-refractivity contribution < 1.29 is 23.9 Å². The molecule has 2 amide bonds. The number of nitrogens with zero attached hydrogens (tertiary/aromatic N) is 2. The third-order valence-electron chi connectivity index (χ3n) is 8.59. The summed E-state index contributed by atoms with van der Waals surface area (Å²) in [5.41, 5.74) is 3.95. The molecule has 45 heavy (non-hydrogen) atoms. The van der Waals surface area contributed by atoms with Gasteiger partial charge in [-0.05, 0) is 62.1 Å². The number of aryl methyl sites for hydroxylation is 1. The number of halogens is 3. The SMILES string of the molecule is CCC(OC(=O)c1cc(-c2ccc(N3C(=O)C4CC(Br)C(Br)CC4C3=O)cc2)nc2c(C)cc(Br)cc12)C(=O)c1ccccc1. The van der Waals surface area contributed by atoms with E-state index >= 15 is 0 Å². The zero-order valence-corrected chi connectivity index (χ0v) is 29.3. The minimum absolute atomic E-state index is 0.130. The van der Waals surface area contributed by atoms with Crippen LogP contribution in [0.4, 0.5) is 5.69 Å². The van der Waals surface area contributed by atoms with Crippen LogP contribution in [-0.4, -0.2) is 44.3 Å². The summed E-state index contributed by atoms with van der Waals surface area (Å²) in [6.45, 7) is 3.72. The van der Waals surface area contributed by atoms with E-state index in [1.807, 2.05) is 25.1 Å². The summed E-state index contributed by atoms with van der Waals surface area (Å²) in [7, 11) is 0. The molecule has 230 valence electrons. The van der Waals surface area contributed by atoms with E-state index in [1.54, 1.807) is 61.5 Å². The van der Waals surface area contributed by atoms with Gasteiger partial charge < -0.3 is 4.74 Å². The zero-order chi connectivity index (χ0) is 32.0. The summed E-state index contributed by atoms with van der Waals surface area (Å²) in [5.74, 6) is -1.91. The number of anilines is 1. The van der Waals surface area contributed by atoms with Crippen LogP contribution in [0.25, 0.3) is 22.2 Å². The van der Waals surface area contributed by atoms with E-state index in [4.69, 9.17) is 9.72 Å². The monoisotopic (exact) mass is 794 g/mol. The fourth-order valence-electron chi connectivity index (χ4n) is 6.21. The first-order valence-electron chi connectivity index (χ1n) is 14.7. The molecule has 4 aromatic rings. The first-order chi connectivity index (χ1) is 21.6. The molecule has 1 saturated carbocycles. The summed E-state index contributed by atoms with van der Waals surface area (Å²) in [5, 5.41) is 0.598. The number of carbonyl (C=O) groups is 4. The minimum atomic E-state index is -0.946. The van der Waals surface area contributed by atoms with Crippen molar-refractivity contribution in [3.8, 4) is 11.3 Å². The van der Waals surface area contributed by atoms with Crippen molar-refractivity contribution >= 4 is 87.9 Å². The predicted molar refractivity (Wildman–Crippen MR) is 184 cm³/mol. The lowest BCUT2D eigenvalue weighted by atomic mass is 9.81. The van der Waals surface area contributed by atoms with Gasteiger partial charge in [0.15, 0.2) is 6.10 Å². The summed E-state index contributed by atoms with van der Waals surface area (Å²) in [6.07, 6.45) is 0.579. The van der Waals surface area contributed by atoms with Gasteiger partial charge in [0.05, 0.1) is 34.3 Å². The molecule has 0 spiro atoms. The molecule has 2 aliphatic rings. The molecule has 1 aliphatic carbocycles. The molecule has 2 heterocycles. The lowest BCUT2D eigenvalue weighted by Gasteiger charge is -2.29. The highest BCUT2D eigenvalue weighted by atomic mass is 79.9. The average Bonchev–Trinajstić information content (AvgIpc) is 3.27. The molecule has 2 fully saturated rings. The maximum Gasteiger partial charge on any atom is 0.339 e. The fourth-order valence-corrected chi connectivity index (χ4v) is 8.02. The maximum absolute atomic E-state index is 13.7. The van der Waals surface area contributed by atoms with Gasteiger partial charge in [-0.3, -0.25) is 19.3 Å². The summed E-state index contributed by atoms with van der Waals surface area (Å²) in [4.78, 5) is 60.0. The minimum Gasteiger partial charge on any atom is -0.450 e. The Kier molecular flexibility index (Phi) is 9.10. The molecule has 5 atom stereocenters. The number of alkyl halides is 2. The van der Waals surface area contributed by atoms with Crippen LogP contribution in [0.1, 0.15) is 52.5 Å². The molecule has 0 N–H and O–H groups in total. The predicted octanol–water partition coefficient (Wildman–Crippen LogP) is 8.22. The lowest BCUT2D eigenvalue weighted by molar-refractivity contribution is -0.122. The molecule has 0 radical (unpaired) electrons. The topological polar surface area (TPSA) is 93.6 Å². The summed E-state index contributed by atoms with van der Waals surface area (Å²) >= 11 is 10.8. The number of Topliss-reactive ketones (excluding diaryl/α,β-unsaturated/α-hetero) is 1. The number of hydrogen-bond acceptors (Lipinski definition) is 6. The number of rotatable bonds is 7. The molecule has 10 heteroatoms. The largest absolute Gasteiger partial charge is 0.450 e. The van der Waals surface area contributed by atoms with Crippen LogP contribution in [0.15, 0.2) is 77.3 Å². The van der Waals surface area contributed by atoms with Crippen molar-refractivity contribution in [3.05, 3.63) is 94.0 Å². The van der Waals surface area contributed by atoms with Crippen LogP contribution in [0, 0.1) is 18.8 Å². The fraction of sp³-hybridized carbons (Fsp3) is 0.286. The molecule has 7 nitrogen and oxygen atoms in total. The highest BCUT2D eigenvalue weighted by Gasteiger charge is 2.52. The normalized spacial score (nSPS) is 21.9. The Labute approximate surface area is 286 Å². The third kappa shape index (κ3) is 6.04. The number of ether oxygens (including phenoxy) is 1. The van der Waals surface area contributed by atoms with Crippen LogP contribution >= 0.6 is 47.8 Å². The van der Waals surface area contributed by atoms with Crippen molar-refractivity contribution in [2.45, 2.75) is 48.9 Å². The van der Waals surface area contributed by atoms with Gasteiger partial charge in [-0.2, -0.15) is 0 Å². The number of esters is 1. The van der Waals surface area contributed by atoms with Gasteiger partial charge in [0.2, 0.25) is 17.6 Å². The molecule has 5 unspecified atom stereocenters. The Hall–Kier alpha value is -3.21. The number of imide groups is 1. The third-order valence-corrected chi connectivity index (χ3v) is 11.8. The van der Waals surface area contributed by atoms with E-state index in [0.29, 0.717) is 52.7 Å². The van der Waals surface area contributed by atoms with Crippen molar-refractivity contribution in [2.75, 3.05) is 4.90 Å². The van der Waals surface area contributed by atoms with Gasteiger partial charge in [0.1, 0.15) is 0 Å². The summed E-state index contributed by atoms with van der Waals surface area (Å²) < 4.78 is 6.62. The van der Waals surface area contributed by atoms with Crippen LogP contribution in [-0.2, 0) is 14.3 Å². The smallest absolute Gasteiger partial charge is 0.339 e. The standard InChI is InChI=1S/C35H29Br3N2O5/c1-3-30(32(41)20-7-5-4-6-8-20)45-35(44)26-17-29(39-31-18(2)13-21(36)14-23(26)31)19-9-11-22(12-10-19)40-33(42)24-15-27(37)28(38)16-25(24)34(40)43/h4-14,17,24-25,27-28,30H,3,15-16H2,1-2H3. The quantitative estimate of drug-likeness (QED) is 0.0811. The van der Waals surface area contributed by atoms with Gasteiger partial charge in [0, 0.05) is 30.6 Å². The Balaban J connectivity index is 1.33. The van der Waals surface area contributed by atoms with Crippen molar-refractivity contribution in [1.29, 1.82) is 0 Å². The van der Waals surface area contributed by atoms with E-state index in [1.165, 1.54) is 4.90 Å². The van der Waals surface area contributed by atoms with E-state index in [9.17, 15) is 19.2 Å². The Morgan fingerprint density at radius 3 is 2.16 bits per heavy atom. The van der Waals surface area contributed by atoms with Crippen LogP contribution in [0.2, 0.25) is 0 Å². The lowest BCUT2D eigenvalue weighted by Crippen LogP contribution is -2.34. The van der Waals surface area contributed by atoms with Crippen LogP contribution in [0.3, 0.4) is 0 Å². The number of pyridine rings is 1. The Morgan fingerprint density at radius 2 is 1.56 bits per heavy atom. The Bertz CT molecular complexity index is 1800. The summed E-state index contributed by atoms with van der Waals surface area (Å²) in [6, 6.07) is 21.3. The molecule has 1 saturated heterocycles. The van der Waals surface area contributed by atoms with Gasteiger partial charge in [0.25, 0.3) is 0 Å². The number of aromatic nitrogens is 1. The van der Waals surface area contributed by atoms with E-state index in [2.05, 4.69) is 47.8 Å². The second-order valence-corrected chi connectivity index (χ2v) is 14.7. The number of ketones is 1.